The quantitative estimate of drug-likeness (QED) is 0.790. The van der Waals surface area contributed by atoms with E-state index in [1.54, 1.807) is 0 Å². The van der Waals surface area contributed by atoms with Gasteiger partial charge in [0.15, 0.2) is 0 Å². The molecule has 0 aliphatic heterocycles. The zero-order valence-corrected chi connectivity index (χ0v) is 13.7. The van der Waals surface area contributed by atoms with Gasteiger partial charge in [-0.3, -0.25) is 0 Å². The summed E-state index contributed by atoms with van der Waals surface area (Å²) >= 11 is 6.21. The first-order valence-corrected chi connectivity index (χ1v) is 8.20. The van der Waals surface area contributed by atoms with E-state index in [2.05, 4.69) is 34.4 Å². The smallest absolute Gasteiger partial charge is 0.225 e. The molecule has 3 rings (SSSR count). The van der Waals surface area contributed by atoms with Crippen LogP contribution in [-0.2, 0) is 0 Å². The number of halogens is 1. The van der Waals surface area contributed by atoms with Gasteiger partial charge in [0, 0.05) is 18.0 Å². The van der Waals surface area contributed by atoms with Gasteiger partial charge in [-0.25, -0.2) is 4.98 Å². The molecule has 5 heteroatoms. The number of rotatable bonds is 6. The van der Waals surface area contributed by atoms with E-state index in [4.69, 9.17) is 11.6 Å². The zero-order chi connectivity index (χ0) is 15.5. The van der Waals surface area contributed by atoms with E-state index in [1.165, 1.54) is 12.8 Å². The topological polar surface area (TPSA) is 49.8 Å². The fourth-order valence-corrected chi connectivity index (χ4v) is 2.39. The molecule has 0 radical (unpaired) electrons. The summed E-state index contributed by atoms with van der Waals surface area (Å²) in [4.78, 5) is 9.23. The van der Waals surface area contributed by atoms with Crippen molar-refractivity contribution in [3.05, 3.63) is 41.0 Å². The third-order valence-corrected chi connectivity index (χ3v) is 4.20. The summed E-state index contributed by atoms with van der Waals surface area (Å²) in [6.45, 7) is 4.28. The number of hydrogen-bond acceptors (Lipinski definition) is 4. The standard InChI is InChI=1S/C17H21ClN4/c1-3-11(2)19-17-21-15(12-8-9-12)10-16(22-17)20-14-7-5-4-6-13(14)18/h4-7,10-12H,3,8-9H2,1-2H3,(H2,19,20,21,22)/t11-/m0/s1. The SMILES string of the molecule is CC[C@H](C)Nc1nc(Nc2ccccc2Cl)cc(C2CC2)n1. The molecule has 1 atom stereocenters. The van der Waals surface area contributed by atoms with Crippen LogP contribution in [0.4, 0.5) is 17.5 Å². The Balaban J connectivity index is 1.87. The van der Waals surface area contributed by atoms with Crippen molar-refractivity contribution in [1.82, 2.24) is 9.97 Å². The molecule has 1 aliphatic rings. The Bertz CT molecular complexity index is 655. The van der Waals surface area contributed by atoms with Crippen LogP contribution in [-0.4, -0.2) is 16.0 Å². The predicted octanol–water partition coefficient (Wildman–Crippen LogP) is 4.96. The highest BCUT2D eigenvalue weighted by molar-refractivity contribution is 6.33. The summed E-state index contributed by atoms with van der Waals surface area (Å²) in [7, 11) is 0. The van der Waals surface area contributed by atoms with E-state index in [1.807, 2.05) is 30.3 Å². The van der Waals surface area contributed by atoms with Gasteiger partial charge in [0.05, 0.1) is 16.4 Å². The molecule has 2 aromatic rings. The lowest BCUT2D eigenvalue weighted by atomic mass is 10.2. The van der Waals surface area contributed by atoms with Gasteiger partial charge in [-0.2, -0.15) is 4.98 Å². The Morgan fingerprint density at radius 2 is 2.05 bits per heavy atom. The van der Waals surface area contributed by atoms with Gasteiger partial charge in [0.25, 0.3) is 0 Å². The van der Waals surface area contributed by atoms with Crippen molar-refractivity contribution < 1.29 is 0 Å². The summed E-state index contributed by atoms with van der Waals surface area (Å²) in [5.41, 5.74) is 1.97. The van der Waals surface area contributed by atoms with E-state index in [-0.39, 0.29) is 0 Å². The minimum absolute atomic E-state index is 0.350. The second-order valence-corrected chi connectivity index (χ2v) is 6.24. The van der Waals surface area contributed by atoms with Gasteiger partial charge in [0.2, 0.25) is 5.95 Å². The average Bonchev–Trinajstić information content (AvgIpc) is 3.34. The second-order valence-electron chi connectivity index (χ2n) is 5.83. The Morgan fingerprint density at radius 3 is 2.73 bits per heavy atom. The molecular formula is C17H21ClN4. The van der Waals surface area contributed by atoms with Crippen LogP contribution in [0.15, 0.2) is 30.3 Å². The second kappa shape index (κ2) is 6.53. The Labute approximate surface area is 136 Å². The highest BCUT2D eigenvalue weighted by Crippen LogP contribution is 2.40. The first kappa shape index (κ1) is 15.1. The number of aromatic nitrogens is 2. The molecule has 116 valence electrons. The van der Waals surface area contributed by atoms with Crippen molar-refractivity contribution in [3.8, 4) is 0 Å². The van der Waals surface area contributed by atoms with E-state index < -0.39 is 0 Å². The lowest BCUT2D eigenvalue weighted by molar-refractivity contribution is 0.750. The number of anilines is 3. The summed E-state index contributed by atoms with van der Waals surface area (Å²) in [5.74, 6) is 2.05. The van der Waals surface area contributed by atoms with Crippen LogP contribution in [0.5, 0.6) is 0 Å². The van der Waals surface area contributed by atoms with Crippen LogP contribution in [0.2, 0.25) is 5.02 Å². The molecule has 22 heavy (non-hydrogen) atoms. The molecule has 0 unspecified atom stereocenters. The number of nitrogens with zero attached hydrogens (tertiary/aromatic N) is 2. The first-order chi connectivity index (χ1) is 10.7. The van der Waals surface area contributed by atoms with Crippen LogP contribution < -0.4 is 10.6 Å². The Morgan fingerprint density at radius 1 is 1.27 bits per heavy atom. The van der Waals surface area contributed by atoms with Crippen molar-refractivity contribution in [2.45, 2.75) is 45.1 Å². The molecule has 1 aromatic carbocycles. The Kier molecular flexibility index (Phi) is 4.48. The zero-order valence-electron chi connectivity index (χ0n) is 12.9. The van der Waals surface area contributed by atoms with Gasteiger partial charge < -0.3 is 10.6 Å². The van der Waals surface area contributed by atoms with Gasteiger partial charge in [-0.15, -0.1) is 0 Å². The molecule has 0 spiro atoms. The minimum Gasteiger partial charge on any atom is -0.352 e. The molecule has 4 nitrogen and oxygen atoms in total. The van der Waals surface area contributed by atoms with E-state index in [0.717, 1.165) is 23.6 Å². The van der Waals surface area contributed by atoms with Gasteiger partial charge >= 0.3 is 0 Å². The molecule has 0 saturated heterocycles. The number of hydrogen-bond donors (Lipinski definition) is 2. The van der Waals surface area contributed by atoms with Gasteiger partial charge in [0.1, 0.15) is 5.82 Å². The molecular weight excluding hydrogens is 296 g/mol. The minimum atomic E-state index is 0.350. The van der Waals surface area contributed by atoms with E-state index >= 15 is 0 Å². The molecule has 0 bridgehead atoms. The fourth-order valence-electron chi connectivity index (χ4n) is 2.21. The maximum Gasteiger partial charge on any atom is 0.225 e. The molecule has 0 amide bonds. The molecule has 1 fully saturated rings. The summed E-state index contributed by atoms with van der Waals surface area (Å²) in [5, 5.41) is 7.35. The lowest BCUT2D eigenvalue weighted by Crippen LogP contribution is -2.16. The van der Waals surface area contributed by atoms with Crippen LogP contribution in [0, 0.1) is 0 Å². The molecule has 1 heterocycles. The van der Waals surface area contributed by atoms with E-state index in [0.29, 0.717) is 22.9 Å². The number of para-hydroxylation sites is 1. The highest BCUT2D eigenvalue weighted by Gasteiger charge is 2.26. The summed E-state index contributed by atoms with van der Waals surface area (Å²) in [6.07, 6.45) is 3.46. The summed E-state index contributed by atoms with van der Waals surface area (Å²) in [6, 6.07) is 10.1. The Hall–Kier alpha value is -1.81. The van der Waals surface area contributed by atoms with Crippen LogP contribution in [0.25, 0.3) is 0 Å². The predicted molar refractivity (Wildman–Crippen MR) is 92.1 cm³/mol. The highest BCUT2D eigenvalue weighted by atomic mass is 35.5. The normalized spacial score (nSPS) is 15.4. The summed E-state index contributed by atoms with van der Waals surface area (Å²) < 4.78 is 0. The third-order valence-electron chi connectivity index (χ3n) is 3.87. The molecule has 1 aromatic heterocycles. The monoisotopic (exact) mass is 316 g/mol. The first-order valence-electron chi connectivity index (χ1n) is 7.82. The van der Waals surface area contributed by atoms with Crippen LogP contribution >= 0.6 is 11.6 Å². The average molecular weight is 317 g/mol. The van der Waals surface area contributed by atoms with Gasteiger partial charge in [-0.1, -0.05) is 30.7 Å². The maximum absolute atomic E-state index is 6.21. The number of nitrogens with one attached hydrogen (secondary N) is 2. The lowest BCUT2D eigenvalue weighted by Gasteiger charge is -2.14. The van der Waals surface area contributed by atoms with Crippen LogP contribution in [0.1, 0.15) is 44.7 Å². The van der Waals surface area contributed by atoms with Crippen molar-refractivity contribution in [2.75, 3.05) is 10.6 Å². The van der Waals surface area contributed by atoms with Crippen molar-refractivity contribution >= 4 is 29.1 Å². The van der Waals surface area contributed by atoms with Crippen molar-refractivity contribution in [2.24, 2.45) is 0 Å². The maximum atomic E-state index is 6.21. The van der Waals surface area contributed by atoms with Crippen molar-refractivity contribution in [3.63, 3.8) is 0 Å². The van der Waals surface area contributed by atoms with Crippen LogP contribution in [0.3, 0.4) is 0 Å². The largest absolute Gasteiger partial charge is 0.352 e. The number of benzene rings is 1. The van der Waals surface area contributed by atoms with Crippen molar-refractivity contribution in [1.29, 1.82) is 0 Å². The third kappa shape index (κ3) is 3.69. The molecule has 2 N–H and O–H groups in total. The van der Waals surface area contributed by atoms with E-state index in [9.17, 15) is 0 Å². The molecule has 1 aliphatic carbocycles. The fraction of sp³-hybridized carbons (Fsp3) is 0.412. The molecule has 1 saturated carbocycles. The van der Waals surface area contributed by atoms with Gasteiger partial charge in [-0.05, 0) is 38.3 Å².